The number of aromatic nitrogens is 1. The molecule has 1 atom stereocenters. The summed E-state index contributed by atoms with van der Waals surface area (Å²) in [6.07, 6.45) is 2.20. The van der Waals surface area contributed by atoms with E-state index in [0.29, 0.717) is 5.92 Å². The molecule has 0 aliphatic carbocycles. The first-order valence-electron chi connectivity index (χ1n) is 6.94. The lowest BCUT2D eigenvalue weighted by molar-refractivity contribution is 0.450. The zero-order valence-electron chi connectivity index (χ0n) is 12.0. The molecule has 1 heterocycles. The number of nitrogens with zero attached hydrogens (tertiary/aromatic N) is 1. The van der Waals surface area contributed by atoms with Crippen LogP contribution >= 0.6 is 0 Å². The number of hydrogen-bond donors (Lipinski definition) is 2. The third-order valence-electron chi connectivity index (χ3n) is 3.49. The lowest BCUT2D eigenvalue weighted by Gasteiger charge is -2.19. The van der Waals surface area contributed by atoms with Crippen LogP contribution in [0.25, 0.3) is 10.9 Å². The molecule has 102 valence electrons. The highest BCUT2D eigenvalue weighted by molar-refractivity contribution is 5.82. The highest BCUT2D eigenvalue weighted by atomic mass is 15.2. The van der Waals surface area contributed by atoms with Crippen molar-refractivity contribution < 1.29 is 0 Å². The Morgan fingerprint density at radius 1 is 1.21 bits per heavy atom. The van der Waals surface area contributed by atoms with Gasteiger partial charge in [0.15, 0.2) is 0 Å². The van der Waals surface area contributed by atoms with Crippen LogP contribution < -0.4 is 11.3 Å². The molecule has 19 heavy (non-hydrogen) atoms. The number of fused-ring (bicyclic) bond motifs is 1. The minimum atomic E-state index is 0.189. The van der Waals surface area contributed by atoms with Gasteiger partial charge in [0, 0.05) is 17.1 Å². The van der Waals surface area contributed by atoms with Crippen LogP contribution in [0.5, 0.6) is 0 Å². The lowest BCUT2D eigenvalue weighted by Crippen LogP contribution is -2.28. The second-order valence-corrected chi connectivity index (χ2v) is 5.56. The SMILES string of the molecule is Cc1cc(C(CCC(C)C)NN)c2ccccc2n1. The molecular weight excluding hydrogens is 234 g/mol. The maximum absolute atomic E-state index is 5.76. The summed E-state index contributed by atoms with van der Waals surface area (Å²) in [5.74, 6) is 6.45. The minimum Gasteiger partial charge on any atom is -0.271 e. The Kier molecular flexibility index (Phi) is 4.51. The van der Waals surface area contributed by atoms with Gasteiger partial charge in [-0.25, -0.2) is 0 Å². The molecule has 1 unspecified atom stereocenters. The molecule has 3 N–H and O–H groups in total. The van der Waals surface area contributed by atoms with E-state index in [1.54, 1.807) is 0 Å². The largest absolute Gasteiger partial charge is 0.271 e. The first kappa shape index (κ1) is 14.0. The molecule has 0 fully saturated rings. The Hall–Kier alpha value is -1.45. The number of aryl methyl sites for hydroxylation is 1. The molecule has 2 rings (SSSR count). The Morgan fingerprint density at radius 3 is 2.63 bits per heavy atom. The highest BCUT2D eigenvalue weighted by Gasteiger charge is 2.14. The lowest BCUT2D eigenvalue weighted by atomic mass is 9.95. The summed E-state index contributed by atoms with van der Waals surface area (Å²) in [7, 11) is 0. The van der Waals surface area contributed by atoms with Gasteiger partial charge < -0.3 is 0 Å². The van der Waals surface area contributed by atoms with Crippen molar-refractivity contribution in [3.8, 4) is 0 Å². The van der Waals surface area contributed by atoms with Crippen molar-refractivity contribution >= 4 is 10.9 Å². The second kappa shape index (κ2) is 6.13. The van der Waals surface area contributed by atoms with Gasteiger partial charge in [0.25, 0.3) is 0 Å². The number of hydrogen-bond acceptors (Lipinski definition) is 3. The monoisotopic (exact) mass is 257 g/mol. The fraction of sp³-hybridized carbons (Fsp3) is 0.438. The summed E-state index contributed by atoms with van der Waals surface area (Å²) >= 11 is 0. The minimum absolute atomic E-state index is 0.189. The number of hydrazine groups is 1. The van der Waals surface area contributed by atoms with Crippen molar-refractivity contribution in [3.63, 3.8) is 0 Å². The molecule has 0 amide bonds. The van der Waals surface area contributed by atoms with E-state index in [4.69, 9.17) is 5.84 Å². The summed E-state index contributed by atoms with van der Waals surface area (Å²) in [6, 6.07) is 10.6. The van der Waals surface area contributed by atoms with Crippen molar-refractivity contribution in [1.29, 1.82) is 0 Å². The van der Waals surface area contributed by atoms with Crippen LogP contribution in [0, 0.1) is 12.8 Å². The quantitative estimate of drug-likeness (QED) is 0.637. The molecule has 1 aromatic carbocycles. The highest BCUT2D eigenvalue weighted by Crippen LogP contribution is 2.27. The zero-order chi connectivity index (χ0) is 13.8. The van der Waals surface area contributed by atoms with Gasteiger partial charge in [-0.15, -0.1) is 0 Å². The zero-order valence-corrected chi connectivity index (χ0v) is 12.0. The Labute approximate surface area is 115 Å². The summed E-state index contributed by atoms with van der Waals surface area (Å²) in [6.45, 7) is 6.51. The van der Waals surface area contributed by atoms with E-state index in [9.17, 15) is 0 Å². The molecule has 0 saturated carbocycles. The fourth-order valence-corrected chi connectivity index (χ4v) is 2.46. The van der Waals surface area contributed by atoms with E-state index in [2.05, 4.69) is 48.5 Å². The van der Waals surface area contributed by atoms with Crippen LogP contribution in [0.4, 0.5) is 0 Å². The van der Waals surface area contributed by atoms with Crippen molar-refractivity contribution in [1.82, 2.24) is 10.4 Å². The maximum Gasteiger partial charge on any atom is 0.0708 e. The summed E-state index contributed by atoms with van der Waals surface area (Å²) < 4.78 is 0. The predicted molar refractivity (Wildman–Crippen MR) is 80.6 cm³/mol. The molecule has 0 aliphatic rings. The van der Waals surface area contributed by atoms with Crippen LogP contribution in [0.1, 0.15) is 44.0 Å². The van der Waals surface area contributed by atoms with E-state index in [-0.39, 0.29) is 6.04 Å². The van der Waals surface area contributed by atoms with Crippen molar-refractivity contribution in [2.24, 2.45) is 11.8 Å². The van der Waals surface area contributed by atoms with Gasteiger partial charge in [-0.2, -0.15) is 0 Å². The van der Waals surface area contributed by atoms with Gasteiger partial charge in [0.05, 0.1) is 5.52 Å². The number of nitrogens with one attached hydrogen (secondary N) is 1. The summed E-state index contributed by atoms with van der Waals surface area (Å²) in [5.41, 5.74) is 6.31. The number of nitrogens with two attached hydrogens (primary N) is 1. The third-order valence-corrected chi connectivity index (χ3v) is 3.49. The average molecular weight is 257 g/mol. The van der Waals surface area contributed by atoms with Gasteiger partial charge in [-0.3, -0.25) is 16.3 Å². The van der Waals surface area contributed by atoms with Crippen LogP contribution in [0.3, 0.4) is 0 Å². The molecule has 0 bridgehead atoms. The molecule has 0 saturated heterocycles. The van der Waals surface area contributed by atoms with E-state index in [0.717, 1.165) is 24.1 Å². The molecule has 3 heteroatoms. The predicted octanol–water partition coefficient (Wildman–Crippen LogP) is 3.48. The molecule has 1 aromatic heterocycles. The topological polar surface area (TPSA) is 50.9 Å². The summed E-state index contributed by atoms with van der Waals surface area (Å²) in [5, 5.41) is 1.19. The maximum atomic E-state index is 5.76. The number of para-hydroxylation sites is 1. The Morgan fingerprint density at radius 2 is 1.95 bits per heavy atom. The van der Waals surface area contributed by atoms with Crippen LogP contribution in [-0.2, 0) is 0 Å². The summed E-state index contributed by atoms with van der Waals surface area (Å²) in [4.78, 5) is 4.58. The third kappa shape index (κ3) is 3.31. The van der Waals surface area contributed by atoms with E-state index >= 15 is 0 Å². The first-order chi connectivity index (χ1) is 9.11. The van der Waals surface area contributed by atoms with Gasteiger partial charge in [-0.05, 0) is 43.4 Å². The van der Waals surface area contributed by atoms with Crippen LogP contribution in [-0.4, -0.2) is 4.98 Å². The molecule has 2 aromatic rings. The fourth-order valence-electron chi connectivity index (χ4n) is 2.46. The smallest absolute Gasteiger partial charge is 0.0708 e. The normalized spacial score (nSPS) is 13.1. The number of pyridine rings is 1. The molecule has 0 aliphatic heterocycles. The van der Waals surface area contributed by atoms with Crippen LogP contribution in [0.2, 0.25) is 0 Å². The number of rotatable bonds is 5. The molecule has 3 nitrogen and oxygen atoms in total. The van der Waals surface area contributed by atoms with Crippen molar-refractivity contribution in [2.45, 2.75) is 39.7 Å². The van der Waals surface area contributed by atoms with Gasteiger partial charge >= 0.3 is 0 Å². The molecule has 0 spiro atoms. The van der Waals surface area contributed by atoms with E-state index in [1.807, 2.05) is 13.0 Å². The number of benzene rings is 1. The first-order valence-corrected chi connectivity index (χ1v) is 6.94. The second-order valence-electron chi connectivity index (χ2n) is 5.56. The Bertz CT molecular complexity index is 549. The average Bonchev–Trinajstić information content (AvgIpc) is 2.38. The van der Waals surface area contributed by atoms with Crippen molar-refractivity contribution in [3.05, 3.63) is 41.6 Å². The van der Waals surface area contributed by atoms with Crippen molar-refractivity contribution in [2.75, 3.05) is 0 Å². The standard InChI is InChI=1S/C16H23N3/c1-11(2)8-9-16(19-17)14-10-12(3)18-15-7-5-4-6-13(14)15/h4-7,10-11,16,19H,8-9,17H2,1-3H3. The van der Waals surface area contributed by atoms with Gasteiger partial charge in [0.2, 0.25) is 0 Å². The molecular formula is C16H23N3. The van der Waals surface area contributed by atoms with Gasteiger partial charge in [0.1, 0.15) is 0 Å². The van der Waals surface area contributed by atoms with Crippen LogP contribution in [0.15, 0.2) is 30.3 Å². The van der Waals surface area contributed by atoms with E-state index < -0.39 is 0 Å². The molecule has 0 radical (unpaired) electrons. The van der Waals surface area contributed by atoms with Gasteiger partial charge in [-0.1, -0.05) is 32.0 Å². The Balaban J connectivity index is 2.41. The van der Waals surface area contributed by atoms with E-state index in [1.165, 1.54) is 10.9 Å².